The second-order valence-corrected chi connectivity index (χ2v) is 7.73. The number of hydrogen-bond acceptors (Lipinski definition) is 4. The number of nitrogens with zero attached hydrogens (tertiary/aromatic N) is 2. The van der Waals surface area contributed by atoms with Gasteiger partial charge in [0.25, 0.3) is 5.91 Å². The molecule has 1 unspecified atom stereocenters. The Kier molecular flexibility index (Phi) is 8.05. The van der Waals surface area contributed by atoms with Gasteiger partial charge in [0, 0.05) is 18.9 Å². The molecule has 1 atom stereocenters. The van der Waals surface area contributed by atoms with Gasteiger partial charge < -0.3 is 15.2 Å². The van der Waals surface area contributed by atoms with Gasteiger partial charge >= 0.3 is 5.97 Å². The molecule has 0 aliphatic rings. The Balaban J connectivity index is 1.63. The van der Waals surface area contributed by atoms with Gasteiger partial charge in [0.1, 0.15) is 6.04 Å². The fraction of sp³-hybridized carbons (Fsp3) is 0.174. The van der Waals surface area contributed by atoms with Gasteiger partial charge in [-0.2, -0.15) is 5.10 Å². The Hall–Kier alpha value is -3.13. The van der Waals surface area contributed by atoms with Crippen molar-refractivity contribution in [2.75, 3.05) is 7.11 Å². The van der Waals surface area contributed by atoms with E-state index in [-0.39, 0.29) is 22.0 Å². The molecule has 1 heterocycles. The summed E-state index contributed by atoms with van der Waals surface area (Å²) in [4.78, 5) is 24.1. The van der Waals surface area contributed by atoms with E-state index in [0.29, 0.717) is 6.61 Å². The van der Waals surface area contributed by atoms with Crippen LogP contribution >= 0.6 is 23.2 Å². The summed E-state index contributed by atoms with van der Waals surface area (Å²) >= 11 is 12.1. The minimum atomic E-state index is -1.16. The third-order valence-corrected chi connectivity index (χ3v) is 5.21. The van der Waals surface area contributed by atoms with E-state index in [0.717, 1.165) is 16.8 Å². The molecular weight excluding hydrogens is 453 g/mol. The largest absolute Gasteiger partial charge is 0.480 e. The lowest BCUT2D eigenvalue weighted by Gasteiger charge is -2.14. The van der Waals surface area contributed by atoms with E-state index < -0.39 is 17.9 Å². The highest BCUT2D eigenvalue weighted by atomic mass is 35.5. The van der Waals surface area contributed by atoms with Crippen LogP contribution in [0.25, 0.3) is 11.8 Å². The van der Waals surface area contributed by atoms with E-state index >= 15 is 0 Å². The Labute approximate surface area is 195 Å². The van der Waals surface area contributed by atoms with Crippen molar-refractivity contribution < 1.29 is 19.4 Å². The van der Waals surface area contributed by atoms with Crippen molar-refractivity contribution in [3.05, 3.63) is 87.7 Å². The highest BCUT2D eigenvalue weighted by Crippen LogP contribution is 2.24. The normalized spacial score (nSPS) is 12.1. The lowest BCUT2D eigenvalue weighted by Crippen LogP contribution is -2.40. The predicted molar refractivity (Wildman–Crippen MR) is 123 cm³/mol. The molecule has 2 aromatic carbocycles. The van der Waals surface area contributed by atoms with Crippen LogP contribution in [0.5, 0.6) is 0 Å². The maximum atomic E-state index is 12.5. The average Bonchev–Trinajstić information content (AvgIpc) is 3.22. The summed E-state index contributed by atoms with van der Waals surface area (Å²) in [5.74, 6) is -1.80. The molecule has 0 aliphatic heterocycles. The van der Waals surface area contributed by atoms with Gasteiger partial charge in [-0.25, -0.2) is 9.48 Å². The van der Waals surface area contributed by atoms with Gasteiger partial charge in [-0.15, -0.1) is 0 Å². The molecule has 166 valence electrons. The standard InChI is InChI=1S/C23H21Cl2N3O4/c1-32-14-16-12-26-28(13-16)17-10-8-15(9-11-17)4-2-7-20(23(30)31)27-22(29)21-18(24)5-3-6-19(21)25/h2-6,8-13,20H,7,14H2,1H3,(H,27,29)(H,30,31)/b4-2+. The zero-order chi connectivity index (χ0) is 23.1. The molecule has 7 nitrogen and oxygen atoms in total. The monoisotopic (exact) mass is 473 g/mol. The molecule has 0 spiro atoms. The number of carboxylic acid groups (broad SMARTS) is 1. The Morgan fingerprint density at radius 3 is 2.50 bits per heavy atom. The summed E-state index contributed by atoms with van der Waals surface area (Å²) in [6.07, 6.45) is 7.19. The molecule has 1 aromatic heterocycles. The number of carboxylic acids is 1. The van der Waals surface area contributed by atoms with Crippen LogP contribution < -0.4 is 5.32 Å². The number of amides is 1. The number of aromatic nitrogens is 2. The first-order valence-electron chi connectivity index (χ1n) is 9.66. The second-order valence-electron chi connectivity index (χ2n) is 6.92. The van der Waals surface area contributed by atoms with Crippen molar-refractivity contribution >= 4 is 41.2 Å². The molecule has 0 saturated heterocycles. The predicted octanol–water partition coefficient (Wildman–Crippen LogP) is 4.61. The number of nitrogens with one attached hydrogen (secondary N) is 1. The number of halogens is 2. The van der Waals surface area contributed by atoms with E-state index in [4.69, 9.17) is 27.9 Å². The fourth-order valence-corrected chi connectivity index (χ4v) is 3.56. The third-order valence-electron chi connectivity index (χ3n) is 4.58. The molecule has 32 heavy (non-hydrogen) atoms. The van der Waals surface area contributed by atoms with E-state index in [2.05, 4.69) is 10.4 Å². The van der Waals surface area contributed by atoms with Gasteiger partial charge in [-0.3, -0.25) is 4.79 Å². The number of carbonyl (C=O) groups excluding carboxylic acids is 1. The quantitative estimate of drug-likeness (QED) is 0.473. The summed E-state index contributed by atoms with van der Waals surface area (Å²) in [7, 11) is 1.63. The molecule has 9 heteroatoms. The van der Waals surface area contributed by atoms with E-state index in [1.54, 1.807) is 36.2 Å². The van der Waals surface area contributed by atoms with Gasteiger partial charge in [0.05, 0.1) is 34.1 Å². The number of benzene rings is 2. The van der Waals surface area contributed by atoms with Crippen LogP contribution in [0.4, 0.5) is 0 Å². The van der Waals surface area contributed by atoms with Crippen molar-refractivity contribution in [3.63, 3.8) is 0 Å². The van der Waals surface area contributed by atoms with Gasteiger partial charge in [0.2, 0.25) is 0 Å². The number of ether oxygens (including phenoxy) is 1. The fourth-order valence-electron chi connectivity index (χ4n) is 2.99. The van der Waals surface area contributed by atoms with Crippen LogP contribution in [0.2, 0.25) is 10.0 Å². The number of hydrogen-bond donors (Lipinski definition) is 2. The third kappa shape index (κ3) is 5.97. The summed E-state index contributed by atoms with van der Waals surface area (Å²) < 4.78 is 6.84. The maximum absolute atomic E-state index is 12.5. The van der Waals surface area contributed by atoms with Crippen LogP contribution in [-0.2, 0) is 16.1 Å². The molecule has 0 bridgehead atoms. The first-order valence-corrected chi connectivity index (χ1v) is 10.4. The van der Waals surface area contributed by atoms with Crippen LogP contribution in [0.15, 0.2) is 60.9 Å². The molecule has 0 aliphatic carbocycles. The zero-order valence-electron chi connectivity index (χ0n) is 17.2. The molecule has 0 saturated carbocycles. The van der Waals surface area contributed by atoms with Crippen molar-refractivity contribution in [2.24, 2.45) is 0 Å². The van der Waals surface area contributed by atoms with E-state index in [1.165, 1.54) is 12.1 Å². The van der Waals surface area contributed by atoms with Crippen molar-refractivity contribution in [1.29, 1.82) is 0 Å². The summed E-state index contributed by atoms with van der Waals surface area (Å²) in [5.41, 5.74) is 2.78. The van der Waals surface area contributed by atoms with Crippen LogP contribution in [-0.4, -0.2) is 39.9 Å². The topological polar surface area (TPSA) is 93.5 Å². The molecule has 3 aromatic rings. The summed E-state index contributed by atoms with van der Waals surface area (Å²) in [6.45, 7) is 0.491. The molecule has 2 N–H and O–H groups in total. The van der Waals surface area contributed by atoms with Gasteiger partial charge in [0.15, 0.2) is 0 Å². The zero-order valence-corrected chi connectivity index (χ0v) is 18.7. The number of aliphatic carboxylic acids is 1. The Bertz CT molecular complexity index is 1110. The van der Waals surface area contributed by atoms with Crippen molar-refractivity contribution in [2.45, 2.75) is 19.1 Å². The molecule has 1 amide bonds. The first kappa shape index (κ1) is 23.5. The maximum Gasteiger partial charge on any atom is 0.326 e. The van der Waals surface area contributed by atoms with Crippen LogP contribution in [0, 0.1) is 0 Å². The Morgan fingerprint density at radius 1 is 1.19 bits per heavy atom. The summed E-state index contributed by atoms with van der Waals surface area (Å²) in [5, 5.41) is 16.5. The van der Waals surface area contributed by atoms with Crippen molar-refractivity contribution in [1.82, 2.24) is 15.1 Å². The molecule has 0 fully saturated rings. The SMILES string of the molecule is COCc1cnn(-c2ccc(/C=C/CC(NC(=O)c3c(Cl)cccc3Cl)C(=O)O)cc2)c1. The highest BCUT2D eigenvalue weighted by Gasteiger charge is 2.22. The second kappa shape index (κ2) is 10.9. The number of carbonyl (C=O) groups is 2. The van der Waals surface area contributed by atoms with E-state index in [1.807, 2.05) is 30.5 Å². The number of methoxy groups -OCH3 is 1. The van der Waals surface area contributed by atoms with Crippen LogP contribution in [0.1, 0.15) is 27.9 Å². The highest BCUT2D eigenvalue weighted by molar-refractivity contribution is 6.39. The average molecular weight is 474 g/mol. The lowest BCUT2D eigenvalue weighted by atomic mass is 10.1. The minimum Gasteiger partial charge on any atom is -0.480 e. The van der Waals surface area contributed by atoms with Gasteiger partial charge in [-0.05, 0) is 36.2 Å². The lowest BCUT2D eigenvalue weighted by molar-refractivity contribution is -0.139. The smallest absolute Gasteiger partial charge is 0.326 e. The molecular formula is C23H21Cl2N3O4. The van der Waals surface area contributed by atoms with Crippen molar-refractivity contribution in [3.8, 4) is 5.69 Å². The molecule has 0 radical (unpaired) electrons. The minimum absolute atomic E-state index is 0.0499. The van der Waals surface area contributed by atoms with Crippen LogP contribution in [0.3, 0.4) is 0 Å². The van der Waals surface area contributed by atoms with E-state index in [9.17, 15) is 14.7 Å². The summed E-state index contributed by atoms with van der Waals surface area (Å²) in [6, 6.07) is 11.1. The molecule has 3 rings (SSSR count). The van der Waals surface area contributed by atoms with Gasteiger partial charge in [-0.1, -0.05) is 53.6 Å². The number of rotatable bonds is 9. The Morgan fingerprint density at radius 2 is 1.88 bits per heavy atom. The first-order chi connectivity index (χ1) is 15.4.